The molecular weight excluding hydrogens is 258 g/mol. The molecule has 100 valence electrons. The molecule has 0 saturated carbocycles. The molecule has 1 aromatic heterocycles. The average molecular weight is 276 g/mol. The van der Waals surface area contributed by atoms with Crippen molar-refractivity contribution in [2.45, 2.75) is 26.7 Å². The van der Waals surface area contributed by atoms with Crippen molar-refractivity contribution in [2.24, 2.45) is 11.0 Å². The first-order chi connectivity index (χ1) is 9.24. The topological polar surface area (TPSA) is 37.3 Å². The van der Waals surface area contributed by atoms with Gasteiger partial charge >= 0.3 is 0 Å². The first-order valence-corrected chi connectivity index (χ1v) is 6.95. The summed E-state index contributed by atoms with van der Waals surface area (Å²) in [5, 5.41) is 6.03. The van der Waals surface area contributed by atoms with Crippen LogP contribution in [0.1, 0.15) is 26.7 Å². The number of hydrogen-bond acceptors (Lipinski definition) is 3. The molecule has 0 saturated heterocycles. The summed E-state index contributed by atoms with van der Waals surface area (Å²) in [6.45, 7) is 4.34. The number of nitrogens with zero attached hydrogens (tertiary/aromatic N) is 2. The number of anilines is 1. The van der Waals surface area contributed by atoms with Gasteiger partial charge in [-0.25, -0.2) is 0 Å². The highest BCUT2D eigenvalue weighted by Gasteiger charge is 2.02. The molecule has 4 heteroatoms. The molecule has 1 heterocycles. The summed E-state index contributed by atoms with van der Waals surface area (Å²) in [6, 6.07) is 7.59. The van der Waals surface area contributed by atoms with E-state index in [1.807, 2.05) is 30.5 Å². The summed E-state index contributed by atoms with van der Waals surface area (Å²) < 4.78 is 0. The Labute approximate surface area is 118 Å². The lowest BCUT2D eigenvalue weighted by Crippen LogP contribution is -2.00. The molecule has 0 aliphatic carbocycles. The van der Waals surface area contributed by atoms with Crippen LogP contribution in [0.25, 0.3) is 10.9 Å². The number of halogens is 1. The van der Waals surface area contributed by atoms with Crippen molar-refractivity contribution in [3.05, 3.63) is 35.5 Å². The summed E-state index contributed by atoms with van der Waals surface area (Å²) in [5.74, 6) is 0.523. The number of hydrogen-bond donors (Lipinski definition) is 1. The van der Waals surface area contributed by atoms with Crippen LogP contribution in [0.5, 0.6) is 0 Å². The fourth-order valence-electron chi connectivity index (χ4n) is 1.93. The zero-order chi connectivity index (χ0) is 13.7. The molecule has 0 aliphatic heterocycles. The fourth-order valence-corrected chi connectivity index (χ4v) is 2.10. The number of rotatable bonds is 5. The first kappa shape index (κ1) is 13.8. The van der Waals surface area contributed by atoms with Crippen LogP contribution in [0.4, 0.5) is 5.69 Å². The number of aromatic nitrogens is 1. The van der Waals surface area contributed by atoms with Crippen molar-refractivity contribution in [3.8, 4) is 0 Å². The molecular formula is C15H18ClN3. The lowest BCUT2D eigenvalue weighted by atomic mass is 10.1. The predicted molar refractivity (Wildman–Crippen MR) is 82.9 cm³/mol. The predicted octanol–water partition coefficient (Wildman–Crippen LogP) is 4.72. The van der Waals surface area contributed by atoms with Crippen LogP contribution in [0, 0.1) is 5.92 Å². The second-order valence-electron chi connectivity index (χ2n) is 4.49. The molecule has 0 radical (unpaired) electrons. The van der Waals surface area contributed by atoms with E-state index in [4.69, 9.17) is 11.6 Å². The Morgan fingerprint density at radius 2 is 2.11 bits per heavy atom. The highest BCUT2D eigenvalue weighted by Crippen LogP contribution is 2.24. The van der Waals surface area contributed by atoms with E-state index in [9.17, 15) is 0 Å². The van der Waals surface area contributed by atoms with Crippen LogP contribution in [-0.4, -0.2) is 11.2 Å². The van der Waals surface area contributed by atoms with E-state index >= 15 is 0 Å². The highest BCUT2D eigenvalue weighted by molar-refractivity contribution is 6.31. The Morgan fingerprint density at radius 1 is 1.32 bits per heavy atom. The van der Waals surface area contributed by atoms with Crippen LogP contribution in [0.15, 0.2) is 35.6 Å². The van der Waals surface area contributed by atoms with Crippen molar-refractivity contribution < 1.29 is 0 Å². The second kappa shape index (κ2) is 6.53. The summed E-state index contributed by atoms with van der Waals surface area (Å²) in [4.78, 5) is 4.30. The van der Waals surface area contributed by atoms with Crippen molar-refractivity contribution >= 4 is 34.4 Å². The average Bonchev–Trinajstić information content (AvgIpc) is 2.43. The van der Waals surface area contributed by atoms with Gasteiger partial charge in [0.1, 0.15) is 0 Å². The summed E-state index contributed by atoms with van der Waals surface area (Å²) in [6.07, 6.45) is 5.94. The van der Waals surface area contributed by atoms with Crippen molar-refractivity contribution in [2.75, 3.05) is 5.43 Å². The lowest BCUT2D eigenvalue weighted by Gasteiger charge is -2.07. The molecule has 0 spiro atoms. The molecule has 1 aromatic carbocycles. The lowest BCUT2D eigenvalue weighted by molar-refractivity contribution is 0.654. The Morgan fingerprint density at radius 3 is 2.84 bits per heavy atom. The van der Waals surface area contributed by atoms with Gasteiger partial charge in [0.25, 0.3) is 0 Å². The highest BCUT2D eigenvalue weighted by atomic mass is 35.5. The third-order valence-electron chi connectivity index (χ3n) is 3.22. The van der Waals surface area contributed by atoms with E-state index in [0.717, 1.165) is 29.4 Å². The molecule has 3 nitrogen and oxygen atoms in total. The van der Waals surface area contributed by atoms with Gasteiger partial charge in [-0.2, -0.15) is 5.10 Å². The number of pyridine rings is 1. The van der Waals surface area contributed by atoms with Gasteiger partial charge in [0.05, 0.1) is 11.2 Å². The normalized spacial score (nSPS) is 11.6. The maximum atomic E-state index is 5.96. The minimum atomic E-state index is 0.523. The SMILES string of the molecule is CCC(C=NNc1ccnc2cc(Cl)ccc12)CC. The third-order valence-corrected chi connectivity index (χ3v) is 3.46. The zero-order valence-corrected chi connectivity index (χ0v) is 12.0. The van der Waals surface area contributed by atoms with Gasteiger partial charge < -0.3 is 0 Å². The minimum Gasteiger partial charge on any atom is -0.278 e. The van der Waals surface area contributed by atoms with Crippen LogP contribution in [0.3, 0.4) is 0 Å². The molecule has 0 unspecified atom stereocenters. The summed E-state index contributed by atoms with van der Waals surface area (Å²) >= 11 is 5.96. The largest absolute Gasteiger partial charge is 0.278 e. The molecule has 19 heavy (non-hydrogen) atoms. The molecule has 0 fully saturated rings. The van der Waals surface area contributed by atoms with Gasteiger partial charge in [-0.3, -0.25) is 10.4 Å². The third kappa shape index (κ3) is 3.44. The second-order valence-corrected chi connectivity index (χ2v) is 4.92. The van der Waals surface area contributed by atoms with E-state index in [1.165, 1.54) is 0 Å². The number of fused-ring (bicyclic) bond motifs is 1. The zero-order valence-electron chi connectivity index (χ0n) is 11.2. The molecule has 2 aromatic rings. The van der Waals surface area contributed by atoms with E-state index < -0.39 is 0 Å². The smallest absolute Gasteiger partial charge is 0.0738 e. The maximum absolute atomic E-state index is 5.96. The quantitative estimate of drug-likeness (QED) is 0.633. The van der Waals surface area contributed by atoms with Gasteiger partial charge in [0.15, 0.2) is 0 Å². The van der Waals surface area contributed by atoms with E-state index in [2.05, 4.69) is 29.4 Å². The van der Waals surface area contributed by atoms with Crippen LogP contribution < -0.4 is 5.43 Å². The summed E-state index contributed by atoms with van der Waals surface area (Å²) in [7, 11) is 0. The number of benzene rings is 1. The Hall–Kier alpha value is -1.61. The van der Waals surface area contributed by atoms with Gasteiger partial charge in [0, 0.05) is 22.8 Å². The van der Waals surface area contributed by atoms with Crippen LogP contribution in [0.2, 0.25) is 5.02 Å². The van der Waals surface area contributed by atoms with Gasteiger partial charge in [-0.05, 0) is 43.0 Å². The van der Waals surface area contributed by atoms with E-state index in [1.54, 1.807) is 6.20 Å². The van der Waals surface area contributed by atoms with Gasteiger partial charge in [-0.15, -0.1) is 0 Å². The first-order valence-electron chi connectivity index (χ1n) is 6.58. The van der Waals surface area contributed by atoms with Crippen molar-refractivity contribution in [1.29, 1.82) is 0 Å². The van der Waals surface area contributed by atoms with E-state index in [-0.39, 0.29) is 0 Å². The van der Waals surface area contributed by atoms with Crippen molar-refractivity contribution in [3.63, 3.8) is 0 Å². The Bertz CT molecular complexity index is 577. The van der Waals surface area contributed by atoms with Crippen LogP contribution >= 0.6 is 11.6 Å². The van der Waals surface area contributed by atoms with Gasteiger partial charge in [-0.1, -0.05) is 25.4 Å². The molecule has 1 N–H and O–H groups in total. The monoisotopic (exact) mass is 275 g/mol. The molecule has 0 bridgehead atoms. The number of nitrogens with one attached hydrogen (secondary N) is 1. The minimum absolute atomic E-state index is 0.523. The van der Waals surface area contributed by atoms with E-state index in [0.29, 0.717) is 10.9 Å². The Balaban J connectivity index is 2.21. The summed E-state index contributed by atoms with van der Waals surface area (Å²) in [5.41, 5.74) is 4.91. The standard InChI is InChI=1S/C15H18ClN3/c1-3-11(4-2)10-18-19-14-7-8-17-15-9-12(16)5-6-13(14)15/h5-11H,3-4H2,1-2H3,(H,17,19). The fraction of sp³-hybridized carbons (Fsp3) is 0.333. The molecule has 2 rings (SSSR count). The molecule has 0 aliphatic rings. The van der Waals surface area contributed by atoms with Crippen LogP contribution in [-0.2, 0) is 0 Å². The van der Waals surface area contributed by atoms with Gasteiger partial charge in [0.2, 0.25) is 0 Å². The number of hydrazone groups is 1. The van der Waals surface area contributed by atoms with Crippen molar-refractivity contribution in [1.82, 2.24) is 4.98 Å². The molecule has 0 amide bonds. The maximum Gasteiger partial charge on any atom is 0.0738 e. The Kier molecular flexibility index (Phi) is 4.74. The molecule has 0 atom stereocenters.